The van der Waals surface area contributed by atoms with E-state index in [-0.39, 0.29) is 24.2 Å². The van der Waals surface area contributed by atoms with Gasteiger partial charge < -0.3 is 10.1 Å². The van der Waals surface area contributed by atoms with E-state index in [1.165, 1.54) is 13.2 Å². The molecule has 0 aromatic heterocycles. The van der Waals surface area contributed by atoms with Crippen LogP contribution in [-0.4, -0.2) is 19.6 Å². The van der Waals surface area contributed by atoms with E-state index in [0.717, 1.165) is 19.3 Å². The summed E-state index contributed by atoms with van der Waals surface area (Å²) < 4.78 is 19.4. The van der Waals surface area contributed by atoms with Crippen LogP contribution in [0.3, 0.4) is 0 Å². The molecule has 2 rings (SSSR count). The van der Waals surface area contributed by atoms with Crippen LogP contribution in [0.4, 0.5) is 4.39 Å². The Morgan fingerprint density at radius 3 is 2.81 bits per heavy atom. The van der Waals surface area contributed by atoms with Gasteiger partial charge in [-0.2, -0.15) is 0 Å². The number of carbonyl (C=O) groups excluding carboxylic acids is 1. The Morgan fingerprint density at radius 2 is 2.19 bits per heavy atom. The summed E-state index contributed by atoms with van der Waals surface area (Å²) in [5, 5.41) is 2.91. The number of amides is 1. The largest absolute Gasteiger partial charge is 0.372 e. The molecule has 4 heteroatoms. The van der Waals surface area contributed by atoms with Crippen LogP contribution in [0.2, 0.25) is 0 Å². The summed E-state index contributed by atoms with van der Waals surface area (Å²) in [6.45, 7) is 2.04. The minimum Gasteiger partial charge on any atom is -0.372 e. The molecule has 1 aliphatic rings. The van der Waals surface area contributed by atoms with Gasteiger partial charge in [-0.3, -0.25) is 4.79 Å². The van der Waals surface area contributed by atoms with Crippen molar-refractivity contribution in [3.63, 3.8) is 0 Å². The molecule has 0 radical (unpaired) electrons. The van der Waals surface area contributed by atoms with Gasteiger partial charge in [0, 0.05) is 18.6 Å². The molecule has 3 nitrogen and oxygen atoms in total. The van der Waals surface area contributed by atoms with Crippen molar-refractivity contribution in [1.82, 2.24) is 5.32 Å². The number of ether oxygens (including phenoxy) is 1. The highest BCUT2D eigenvalue weighted by Gasteiger charge is 2.30. The van der Waals surface area contributed by atoms with E-state index >= 15 is 0 Å². The molecule has 2 atom stereocenters. The zero-order valence-electron chi connectivity index (χ0n) is 12.6. The lowest BCUT2D eigenvalue weighted by Crippen LogP contribution is -2.43. The summed E-state index contributed by atoms with van der Waals surface area (Å²) in [6.07, 6.45) is 6.72. The third kappa shape index (κ3) is 3.70. The van der Waals surface area contributed by atoms with E-state index in [9.17, 15) is 9.18 Å². The van der Waals surface area contributed by atoms with Gasteiger partial charge in [-0.1, -0.05) is 30.4 Å². The molecule has 0 saturated heterocycles. The molecule has 0 fully saturated rings. The number of benzene rings is 1. The van der Waals surface area contributed by atoms with Gasteiger partial charge in [0.25, 0.3) is 0 Å². The number of hydrogen-bond acceptors (Lipinski definition) is 2. The maximum Gasteiger partial charge on any atom is 0.223 e. The van der Waals surface area contributed by atoms with E-state index in [4.69, 9.17) is 4.74 Å². The fourth-order valence-corrected chi connectivity index (χ4v) is 2.60. The Kier molecular flexibility index (Phi) is 5.12. The zero-order valence-corrected chi connectivity index (χ0v) is 12.6. The van der Waals surface area contributed by atoms with Crippen LogP contribution in [0.1, 0.15) is 31.7 Å². The number of allylic oxidation sites excluding steroid dienone is 2. The van der Waals surface area contributed by atoms with Crippen molar-refractivity contribution in [3.8, 4) is 0 Å². The Labute approximate surface area is 125 Å². The van der Waals surface area contributed by atoms with Gasteiger partial charge in [-0.15, -0.1) is 0 Å². The predicted octanol–water partition coefficient (Wildman–Crippen LogP) is 3.16. The molecule has 1 N–H and O–H groups in total. The lowest BCUT2D eigenvalue weighted by atomic mass is 9.92. The normalized spacial score (nSPS) is 20.8. The lowest BCUT2D eigenvalue weighted by molar-refractivity contribution is -0.126. The first-order valence-corrected chi connectivity index (χ1v) is 7.29. The van der Waals surface area contributed by atoms with Crippen molar-refractivity contribution in [2.45, 2.75) is 31.8 Å². The Bertz CT molecular complexity index is 529. The van der Waals surface area contributed by atoms with E-state index in [0.29, 0.717) is 5.56 Å². The molecule has 1 aliphatic carbocycles. The van der Waals surface area contributed by atoms with Crippen molar-refractivity contribution < 1.29 is 13.9 Å². The Morgan fingerprint density at radius 1 is 1.43 bits per heavy atom. The average molecular weight is 291 g/mol. The van der Waals surface area contributed by atoms with E-state index < -0.39 is 5.60 Å². The number of hydrogen-bond donors (Lipinski definition) is 1. The van der Waals surface area contributed by atoms with Crippen LogP contribution in [0.5, 0.6) is 0 Å². The van der Waals surface area contributed by atoms with Crippen LogP contribution in [0.15, 0.2) is 36.4 Å². The summed E-state index contributed by atoms with van der Waals surface area (Å²) in [5.74, 6) is -0.299. The van der Waals surface area contributed by atoms with Gasteiger partial charge in [0.15, 0.2) is 0 Å². The first-order valence-electron chi connectivity index (χ1n) is 7.29. The van der Waals surface area contributed by atoms with Gasteiger partial charge in [-0.05, 0) is 32.3 Å². The van der Waals surface area contributed by atoms with E-state index in [2.05, 4.69) is 11.4 Å². The standard InChI is InChI=1S/C17H22FNO2/c1-17(21-2,14-10-6-7-11-15(14)18)12-19-16(20)13-8-4-3-5-9-13/h3-4,6-7,10-11,13H,5,8-9,12H2,1-2H3,(H,19,20)/t13-,17+/m1/s1. The summed E-state index contributed by atoms with van der Waals surface area (Å²) in [4.78, 5) is 12.2. The molecule has 0 bridgehead atoms. The molecule has 0 saturated carbocycles. The average Bonchev–Trinajstić information content (AvgIpc) is 2.53. The molecule has 0 spiro atoms. The van der Waals surface area contributed by atoms with Crippen LogP contribution in [-0.2, 0) is 15.1 Å². The number of rotatable bonds is 5. The van der Waals surface area contributed by atoms with Gasteiger partial charge in [0.05, 0.1) is 6.54 Å². The maximum atomic E-state index is 13.9. The Balaban J connectivity index is 2.03. The highest BCUT2D eigenvalue weighted by atomic mass is 19.1. The second-order valence-corrected chi connectivity index (χ2v) is 5.61. The van der Waals surface area contributed by atoms with E-state index in [1.807, 2.05) is 6.08 Å². The number of nitrogens with one attached hydrogen (secondary N) is 1. The van der Waals surface area contributed by atoms with Crippen molar-refractivity contribution in [2.75, 3.05) is 13.7 Å². The lowest BCUT2D eigenvalue weighted by Gasteiger charge is -2.30. The summed E-state index contributed by atoms with van der Waals surface area (Å²) in [7, 11) is 1.53. The van der Waals surface area contributed by atoms with E-state index in [1.54, 1.807) is 25.1 Å². The smallest absolute Gasteiger partial charge is 0.223 e. The van der Waals surface area contributed by atoms with Crippen molar-refractivity contribution in [3.05, 3.63) is 47.8 Å². The molecule has 1 aromatic rings. The van der Waals surface area contributed by atoms with Crippen LogP contribution in [0.25, 0.3) is 0 Å². The summed E-state index contributed by atoms with van der Waals surface area (Å²) >= 11 is 0. The molecular formula is C17H22FNO2. The minimum atomic E-state index is -0.870. The molecule has 0 unspecified atom stereocenters. The molecule has 0 heterocycles. The first-order chi connectivity index (χ1) is 10.1. The third-order valence-corrected chi connectivity index (χ3v) is 4.13. The number of halogens is 1. The maximum absolute atomic E-state index is 13.9. The number of methoxy groups -OCH3 is 1. The third-order valence-electron chi connectivity index (χ3n) is 4.13. The molecule has 1 amide bonds. The van der Waals surface area contributed by atoms with Crippen LogP contribution < -0.4 is 5.32 Å². The summed E-state index contributed by atoms with van der Waals surface area (Å²) in [6, 6.07) is 6.50. The zero-order chi connectivity index (χ0) is 15.3. The van der Waals surface area contributed by atoms with Crippen molar-refractivity contribution in [1.29, 1.82) is 0 Å². The van der Waals surface area contributed by atoms with Gasteiger partial charge in [0.1, 0.15) is 11.4 Å². The highest BCUT2D eigenvalue weighted by molar-refractivity contribution is 5.79. The van der Waals surface area contributed by atoms with Crippen LogP contribution >= 0.6 is 0 Å². The first kappa shape index (κ1) is 15.7. The molecule has 114 valence electrons. The fourth-order valence-electron chi connectivity index (χ4n) is 2.60. The van der Waals surface area contributed by atoms with Gasteiger partial charge in [0.2, 0.25) is 5.91 Å². The van der Waals surface area contributed by atoms with Crippen molar-refractivity contribution >= 4 is 5.91 Å². The second kappa shape index (κ2) is 6.85. The van der Waals surface area contributed by atoms with Gasteiger partial charge >= 0.3 is 0 Å². The topological polar surface area (TPSA) is 38.3 Å². The second-order valence-electron chi connectivity index (χ2n) is 5.61. The quantitative estimate of drug-likeness (QED) is 0.846. The number of carbonyl (C=O) groups is 1. The van der Waals surface area contributed by atoms with Crippen LogP contribution in [0, 0.1) is 11.7 Å². The monoisotopic (exact) mass is 291 g/mol. The van der Waals surface area contributed by atoms with Crippen molar-refractivity contribution in [2.24, 2.45) is 5.92 Å². The summed E-state index contributed by atoms with van der Waals surface area (Å²) in [5.41, 5.74) is -0.415. The Hall–Kier alpha value is -1.68. The molecule has 1 aromatic carbocycles. The molecule has 21 heavy (non-hydrogen) atoms. The highest BCUT2D eigenvalue weighted by Crippen LogP contribution is 2.27. The van der Waals surface area contributed by atoms with Gasteiger partial charge in [-0.25, -0.2) is 4.39 Å². The SMILES string of the molecule is CO[C@@](C)(CNC(=O)[C@@H]1CC=CCC1)c1ccccc1F. The molecule has 0 aliphatic heterocycles. The fraction of sp³-hybridized carbons (Fsp3) is 0.471. The minimum absolute atomic E-state index is 0.0109. The molecular weight excluding hydrogens is 269 g/mol. The predicted molar refractivity (Wildman–Crippen MR) is 80.3 cm³/mol.